The van der Waals surface area contributed by atoms with E-state index in [9.17, 15) is 19.7 Å². The molecule has 2 aromatic heterocycles. The Labute approximate surface area is 137 Å². The molecule has 1 N–H and O–H groups in total. The summed E-state index contributed by atoms with van der Waals surface area (Å²) >= 11 is 0. The zero-order valence-corrected chi connectivity index (χ0v) is 13.6. The lowest BCUT2D eigenvalue weighted by molar-refractivity contribution is -0.385. The van der Waals surface area contributed by atoms with Gasteiger partial charge < -0.3 is 10.1 Å². The van der Waals surface area contributed by atoms with Crippen LogP contribution in [0.5, 0.6) is 0 Å². The second-order valence-electron chi connectivity index (χ2n) is 5.65. The summed E-state index contributed by atoms with van der Waals surface area (Å²) in [5.41, 5.74) is -1.29. The molecular formula is C15H18N4O5. The van der Waals surface area contributed by atoms with Gasteiger partial charge >= 0.3 is 17.2 Å². The van der Waals surface area contributed by atoms with Crippen molar-refractivity contribution in [1.29, 1.82) is 0 Å². The highest BCUT2D eigenvalue weighted by atomic mass is 16.6. The number of methoxy groups -OCH3 is 1. The van der Waals surface area contributed by atoms with Gasteiger partial charge in [0, 0.05) is 6.20 Å². The van der Waals surface area contributed by atoms with E-state index in [0.717, 1.165) is 4.40 Å². The fourth-order valence-corrected chi connectivity index (χ4v) is 2.34. The number of nitrogens with zero attached hydrogens (tertiary/aromatic N) is 3. The third-order valence-electron chi connectivity index (χ3n) is 3.40. The quantitative estimate of drug-likeness (QED) is 0.484. The second-order valence-corrected chi connectivity index (χ2v) is 5.65. The van der Waals surface area contributed by atoms with Gasteiger partial charge in [0.05, 0.1) is 12.0 Å². The molecule has 0 amide bonds. The molecule has 9 nitrogen and oxygen atoms in total. The van der Waals surface area contributed by atoms with E-state index in [1.165, 1.54) is 13.3 Å². The first-order valence-corrected chi connectivity index (χ1v) is 7.35. The number of esters is 1. The molecule has 0 bridgehead atoms. The monoisotopic (exact) mass is 334 g/mol. The summed E-state index contributed by atoms with van der Waals surface area (Å²) in [7, 11) is 1.23. The molecule has 2 aromatic rings. The van der Waals surface area contributed by atoms with Crippen LogP contribution in [0.2, 0.25) is 0 Å². The van der Waals surface area contributed by atoms with Crippen LogP contribution in [0, 0.1) is 16.0 Å². The van der Waals surface area contributed by atoms with Gasteiger partial charge in [-0.05, 0) is 24.5 Å². The number of hydrogen-bond acceptors (Lipinski definition) is 7. The smallest absolute Gasteiger partial charge is 0.376 e. The third kappa shape index (κ3) is 3.50. The molecular weight excluding hydrogens is 316 g/mol. The maximum atomic E-state index is 12.4. The SMILES string of the molecule is COC(=O)C(CC(C)C)Nc1nc2ccccn2c(=O)c1[N+](=O)[O-]. The third-order valence-corrected chi connectivity index (χ3v) is 3.40. The number of carbonyl (C=O) groups is 1. The number of nitro groups is 1. The molecule has 1 atom stereocenters. The zero-order valence-electron chi connectivity index (χ0n) is 13.6. The Morgan fingerprint density at radius 1 is 1.46 bits per heavy atom. The fraction of sp³-hybridized carbons (Fsp3) is 0.400. The van der Waals surface area contributed by atoms with Crippen molar-refractivity contribution in [2.75, 3.05) is 12.4 Å². The van der Waals surface area contributed by atoms with Crippen LogP contribution < -0.4 is 10.9 Å². The van der Waals surface area contributed by atoms with Crippen molar-refractivity contribution < 1.29 is 14.5 Å². The molecule has 0 aliphatic heterocycles. The van der Waals surface area contributed by atoms with Gasteiger partial charge in [0.2, 0.25) is 5.82 Å². The van der Waals surface area contributed by atoms with Crippen molar-refractivity contribution in [3.05, 3.63) is 44.9 Å². The number of carbonyl (C=O) groups excluding carboxylic acids is 1. The predicted octanol–water partition coefficient (Wildman–Crippen LogP) is 1.60. The Morgan fingerprint density at radius 3 is 2.75 bits per heavy atom. The topological polar surface area (TPSA) is 116 Å². The summed E-state index contributed by atoms with van der Waals surface area (Å²) in [6, 6.07) is 3.93. The van der Waals surface area contributed by atoms with Gasteiger partial charge in [-0.15, -0.1) is 0 Å². The molecule has 1 unspecified atom stereocenters. The van der Waals surface area contributed by atoms with Crippen molar-refractivity contribution >= 4 is 23.1 Å². The molecule has 2 heterocycles. The molecule has 0 aromatic carbocycles. The second kappa shape index (κ2) is 7.07. The van der Waals surface area contributed by atoms with E-state index in [-0.39, 0.29) is 17.4 Å². The molecule has 128 valence electrons. The number of nitrogens with one attached hydrogen (secondary N) is 1. The van der Waals surface area contributed by atoms with Gasteiger partial charge in [0.1, 0.15) is 11.7 Å². The van der Waals surface area contributed by atoms with Crippen molar-refractivity contribution in [2.45, 2.75) is 26.3 Å². The van der Waals surface area contributed by atoms with Crippen LogP contribution in [-0.4, -0.2) is 33.4 Å². The number of anilines is 1. The maximum absolute atomic E-state index is 12.4. The minimum Gasteiger partial charge on any atom is -0.467 e. The molecule has 0 spiro atoms. The van der Waals surface area contributed by atoms with Crippen LogP contribution in [0.1, 0.15) is 20.3 Å². The summed E-state index contributed by atoms with van der Waals surface area (Å²) < 4.78 is 5.80. The van der Waals surface area contributed by atoms with Crippen LogP contribution in [0.15, 0.2) is 29.2 Å². The lowest BCUT2D eigenvalue weighted by Gasteiger charge is -2.18. The lowest BCUT2D eigenvalue weighted by atomic mass is 10.0. The molecule has 0 aliphatic carbocycles. The normalized spacial score (nSPS) is 12.2. The number of aromatic nitrogens is 2. The van der Waals surface area contributed by atoms with Crippen molar-refractivity contribution in [3.8, 4) is 0 Å². The highest BCUT2D eigenvalue weighted by Gasteiger charge is 2.28. The Morgan fingerprint density at radius 2 is 2.17 bits per heavy atom. The van der Waals surface area contributed by atoms with Crippen LogP contribution in [0.4, 0.5) is 11.5 Å². The van der Waals surface area contributed by atoms with Gasteiger partial charge in [-0.1, -0.05) is 19.9 Å². The highest BCUT2D eigenvalue weighted by molar-refractivity contribution is 5.80. The number of ether oxygens (including phenoxy) is 1. The van der Waals surface area contributed by atoms with E-state index in [0.29, 0.717) is 6.42 Å². The number of fused-ring (bicyclic) bond motifs is 1. The lowest BCUT2D eigenvalue weighted by Crippen LogP contribution is -2.34. The molecule has 0 saturated heterocycles. The Bertz CT molecular complexity index is 830. The maximum Gasteiger partial charge on any atom is 0.376 e. The van der Waals surface area contributed by atoms with Crippen LogP contribution in [-0.2, 0) is 9.53 Å². The van der Waals surface area contributed by atoms with Crippen molar-refractivity contribution in [3.63, 3.8) is 0 Å². The van der Waals surface area contributed by atoms with Gasteiger partial charge in [-0.3, -0.25) is 19.3 Å². The van der Waals surface area contributed by atoms with Gasteiger partial charge in [-0.25, -0.2) is 9.78 Å². The van der Waals surface area contributed by atoms with E-state index >= 15 is 0 Å². The molecule has 9 heteroatoms. The number of rotatable bonds is 6. The minimum atomic E-state index is -0.841. The highest BCUT2D eigenvalue weighted by Crippen LogP contribution is 2.21. The molecule has 0 saturated carbocycles. The van der Waals surface area contributed by atoms with Crippen LogP contribution in [0.3, 0.4) is 0 Å². The summed E-state index contributed by atoms with van der Waals surface area (Å²) in [6.45, 7) is 3.80. The molecule has 0 aliphatic rings. The van der Waals surface area contributed by atoms with Crippen molar-refractivity contribution in [1.82, 2.24) is 9.38 Å². The Balaban J connectivity index is 2.57. The van der Waals surface area contributed by atoms with Gasteiger partial charge in [0.15, 0.2) is 0 Å². The zero-order chi connectivity index (χ0) is 17.9. The summed E-state index contributed by atoms with van der Waals surface area (Å²) in [5, 5.41) is 14.0. The minimum absolute atomic E-state index is 0.127. The number of pyridine rings is 1. The Hall–Kier alpha value is -2.97. The first-order valence-electron chi connectivity index (χ1n) is 7.35. The van der Waals surface area contributed by atoms with E-state index in [4.69, 9.17) is 4.74 Å². The van der Waals surface area contributed by atoms with Crippen LogP contribution >= 0.6 is 0 Å². The first-order chi connectivity index (χ1) is 11.3. The van der Waals surface area contributed by atoms with E-state index < -0.39 is 28.2 Å². The van der Waals surface area contributed by atoms with Crippen molar-refractivity contribution in [2.24, 2.45) is 5.92 Å². The molecule has 0 radical (unpaired) electrons. The van der Waals surface area contributed by atoms with E-state index in [1.54, 1.807) is 18.2 Å². The standard InChI is InChI=1S/C15H18N4O5/c1-9(2)8-10(15(21)24-3)16-13-12(19(22)23)14(20)18-7-5-4-6-11(18)17-13/h4-7,9-10,16H,8H2,1-3H3. The average Bonchev–Trinajstić information content (AvgIpc) is 2.52. The molecule has 0 fully saturated rings. The predicted molar refractivity (Wildman–Crippen MR) is 87.0 cm³/mol. The summed E-state index contributed by atoms with van der Waals surface area (Å²) in [5.74, 6) is -0.692. The van der Waals surface area contributed by atoms with Gasteiger partial charge in [0.25, 0.3) is 0 Å². The average molecular weight is 334 g/mol. The number of hydrogen-bond donors (Lipinski definition) is 1. The fourth-order valence-electron chi connectivity index (χ4n) is 2.34. The largest absolute Gasteiger partial charge is 0.467 e. The molecule has 24 heavy (non-hydrogen) atoms. The van der Waals surface area contributed by atoms with Gasteiger partial charge in [-0.2, -0.15) is 0 Å². The van der Waals surface area contributed by atoms with E-state index in [1.807, 2.05) is 13.8 Å². The Kier molecular flexibility index (Phi) is 5.12. The summed E-state index contributed by atoms with van der Waals surface area (Å²) in [4.78, 5) is 38.9. The van der Waals surface area contributed by atoms with E-state index in [2.05, 4.69) is 10.3 Å². The first kappa shape index (κ1) is 17.4. The van der Waals surface area contributed by atoms with Crippen LogP contribution in [0.25, 0.3) is 5.65 Å². The summed E-state index contributed by atoms with van der Waals surface area (Å²) in [6.07, 6.45) is 1.77. The molecule has 2 rings (SSSR count).